The standard InChI is InChI=1S/C15H20N2O2/c1-15(2,3)12-7-5-11(6-8-12)13(9-16)17(4)10-14(18)19/h5-8,13H,10H2,1-4H3,(H,18,19). The van der Waals surface area contributed by atoms with Gasteiger partial charge in [-0.1, -0.05) is 45.0 Å². The molecule has 4 heteroatoms. The Morgan fingerprint density at radius 1 is 1.37 bits per heavy atom. The molecule has 1 unspecified atom stereocenters. The highest BCUT2D eigenvalue weighted by molar-refractivity contribution is 5.69. The Morgan fingerprint density at radius 3 is 2.26 bits per heavy atom. The van der Waals surface area contributed by atoms with Crippen LogP contribution in [0.5, 0.6) is 0 Å². The molecular weight excluding hydrogens is 240 g/mol. The smallest absolute Gasteiger partial charge is 0.317 e. The van der Waals surface area contributed by atoms with E-state index in [1.807, 2.05) is 24.3 Å². The van der Waals surface area contributed by atoms with Gasteiger partial charge >= 0.3 is 5.97 Å². The fourth-order valence-corrected chi connectivity index (χ4v) is 1.90. The molecule has 0 radical (unpaired) electrons. The molecule has 1 aromatic rings. The molecule has 0 spiro atoms. The minimum Gasteiger partial charge on any atom is -0.480 e. The van der Waals surface area contributed by atoms with Crippen LogP contribution in [0.2, 0.25) is 0 Å². The van der Waals surface area contributed by atoms with Gasteiger partial charge in [-0.25, -0.2) is 0 Å². The molecule has 4 nitrogen and oxygen atoms in total. The number of likely N-dealkylation sites (N-methyl/N-ethyl adjacent to an activating group) is 1. The molecule has 0 saturated heterocycles. The van der Waals surface area contributed by atoms with Gasteiger partial charge in [0.1, 0.15) is 6.04 Å². The van der Waals surface area contributed by atoms with Gasteiger partial charge in [0.2, 0.25) is 0 Å². The second-order valence-electron chi connectivity index (χ2n) is 5.71. The third-order valence-electron chi connectivity index (χ3n) is 3.04. The summed E-state index contributed by atoms with van der Waals surface area (Å²) in [4.78, 5) is 12.2. The summed E-state index contributed by atoms with van der Waals surface area (Å²) in [6.45, 7) is 6.22. The first-order valence-electron chi connectivity index (χ1n) is 6.18. The molecule has 0 amide bonds. The van der Waals surface area contributed by atoms with E-state index < -0.39 is 12.0 Å². The summed E-state index contributed by atoms with van der Waals surface area (Å²) < 4.78 is 0. The highest BCUT2D eigenvalue weighted by atomic mass is 16.4. The van der Waals surface area contributed by atoms with Crippen LogP contribution in [-0.2, 0) is 10.2 Å². The number of rotatable bonds is 4. The Hall–Kier alpha value is -1.86. The van der Waals surface area contributed by atoms with Crippen molar-refractivity contribution in [1.29, 1.82) is 5.26 Å². The van der Waals surface area contributed by atoms with E-state index in [4.69, 9.17) is 5.11 Å². The lowest BCUT2D eigenvalue weighted by atomic mass is 9.86. The van der Waals surface area contributed by atoms with E-state index in [2.05, 4.69) is 26.8 Å². The Bertz CT molecular complexity index is 480. The van der Waals surface area contributed by atoms with Crippen molar-refractivity contribution in [3.63, 3.8) is 0 Å². The second kappa shape index (κ2) is 5.85. The molecule has 0 fully saturated rings. The van der Waals surface area contributed by atoms with Crippen LogP contribution in [-0.4, -0.2) is 29.6 Å². The van der Waals surface area contributed by atoms with Crippen molar-refractivity contribution in [2.75, 3.05) is 13.6 Å². The van der Waals surface area contributed by atoms with Crippen LogP contribution in [0.3, 0.4) is 0 Å². The Morgan fingerprint density at radius 2 is 1.89 bits per heavy atom. The first-order chi connectivity index (χ1) is 8.75. The molecule has 1 atom stereocenters. The molecule has 102 valence electrons. The van der Waals surface area contributed by atoms with E-state index in [9.17, 15) is 10.1 Å². The molecule has 1 N–H and O–H groups in total. The molecule has 0 aromatic heterocycles. The molecule has 0 saturated carbocycles. The number of carboxylic acids is 1. The van der Waals surface area contributed by atoms with Crippen molar-refractivity contribution in [1.82, 2.24) is 4.90 Å². The fourth-order valence-electron chi connectivity index (χ4n) is 1.90. The summed E-state index contributed by atoms with van der Waals surface area (Å²) >= 11 is 0. The van der Waals surface area contributed by atoms with Crippen LogP contribution in [0.15, 0.2) is 24.3 Å². The normalized spacial score (nSPS) is 13.1. The molecular formula is C15H20N2O2. The van der Waals surface area contributed by atoms with Gasteiger partial charge in [-0.05, 0) is 23.6 Å². The minimum absolute atomic E-state index is 0.0631. The zero-order valence-electron chi connectivity index (χ0n) is 11.8. The van der Waals surface area contributed by atoms with Gasteiger partial charge < -0.3 is 5.11 Å². The van der Waals surface area contributed by atoms with Crippen LogP contribution < -0.4 is 0 Å². The molecule has 19 heavy (non-hydrogen) atoms. The summed E-state index contributed by atoms with van der Waals surface area (Å²) in [5, 5.41) is 18.0. The zero-order chi connectivity index (χ0) is 14.6. The van der Waals surface area contributed by atoms with Gasteiger partial charge in [0, 0.05) is 0 Å². The van der Waals surface area contributed by atoms with Crippen molar-refractivity contribution in [2.24, 2.45) is 0 Å². The van der Waals surface area contributed by atoms with E-state index in [-0.39, 0.29) is 12.0 Å². The van der Waals surface area contributed by atoms with Crippen LogP contribution in [0.25, 0.3) is 0 Å². The number of benzene rings is 1. The van der Waals surface area contributed by atoms with Crippen molar-refractivity contribution >= 4 is 5.97 Å². The van der Waals surface area contributed by atoms with Crippen molar-refractivity contribution in [2.45, 2.75) is 32.2 Å². The number of hydrogen-bond donors (Lipinski definition) is 1. The zero-order valence-corrected chi connectivity index (χ0v) is 11.8. The fraction of sp³-hybridized carbons (Fsp3) is 0.467. The van der Waals surface area contributed by atoms with Crippen molar-refractivity contribution in [3.05, 3.63) is 35.4 Å². The van der Waals surface area contributed by atoms with Gasteiger partial charge in [-0.2, -0.15) is 5.26 Å². The highest BCUT2D eigenvalue weighted by Crippen LogP contribution is 2.25. The number of nitriles is 1. The van der Waals surface area contributed by atoms with E-state index in [1.54, 1.807) is 7.05 Å². The highest BCUT2D eigenvalue weighted by Gasteiger charge is 2.20. The summed E-state index contributed by atoms with van der Waals surface area (Å²) in [7, 11) is 1.64. The second-order valence-corrected chi connectivity index (χ2v) is 5.71. The molecule has 0 aliphatic carbocycles. The average molecular weight is 260 g/mol. The largest absolute Gasteiger partial charge is 0.480 e. The summed E-state index contributed by atoms with van der Waals surface area (Å²) in [5.41, 5.74) is 2.07. The predicted molar refractivity (Wildman–Crippen MR) is 73.8 cm³/mol. The lowest BCUT2D eigenvalue weighted by Crippen LogP contribution is -2.29. The number of carbonyl (C=O) groups is 1. The quantitative estimate of drug-likeness (QED) is 0.903. The SMILES string of the molecule is CN(CC(=O)O)C(C#N)c1ccc(C(C)(C)C)cc1. The van der Waals surface area contributed by atoms with Gasteiger partial charge in [-0.3, -0.25) is 9.69 Å². The van der Waals surface area contributed by atoms with Crippen LogP contribution >= 0.6 is 0 Å². The lowest BCUT2D eigenvalue weighted by Gasteiger charge is -2.23. The Labute approximate surface area is 114 Å². The van der Waals surface area contributed by atoms with Crippen molar-refractivity contribution in [3.8, 4) is 6.07 Å². The van der Waals surface area contributed by atoms with Crippen LogP contribution in [0, 0.1) is 11.3 Å². The van der Waals surface area contributed by atoms with E-state index in [1.165, 1.54) is 10.5 Å². The maximum atomic E-state index is 10.7. The number of nitrogens with zero attached hydrogens (tertiary/aromatic N) is 2. The molecule has 0 bridgehead atoms. The summed E-state index contributed by atoms with van der Waals surface area (Å²) in [6, 6.07) is 9.39. The Balaban J connectivity index is 2.95. The van der Waals surface area contributed by atoms with Gasteiger partial charge in [-0.15, -0.1) is 0 Å². The van der Waals surface area contributed by atoms with E-state index in [0.29, 0.717) is 0 Å². The van der Waals surface area contributed by atoms with Crippen molar-refractivity contribution < 1.29 is 9.90 Å². The van der Waals surface area contributed by atoms with Gasteiger partial charge in [0.15, 0.2) is 0 Å². The number of carboxylic acid groups (broad SMARTS) is 1. The molecule has 1 rings (SSSR count). The van der Waals surface area contributed by atoms with Crippen LogP contribution in [0.4, 0.5) is 0 Å². The third-order valence-corrected chi connectivity index (χ3v) is 3.04. The molecule has 1 aromatic carbocycles. The predicted octanol–water partition coefficient (Wildman–Crippen LogP) is 2.57. The summed E-state index contributed by atoms with van der Waals surface area (Å²) in [5.74, 6) is -0.936. The topological polar surface area (TPSA) is 64.3 Å². The maximum absolute atomic E-state index is 10.7. The maximum Gasteiger partial charge on any atom is 0.317 e. The van der Waals surface area contributed by atoms with E-state index >= 15 is 0 Å². The molecule has 0 aliphatic rings. The molecule has 0 heterocycles. The first-order valence-corrected chi connectivity index (χ1v) is 6.18. The first kappa shape index (κ1) is 15.2. The van der Waals surface area contributed by atoms with E-state index in [0.717, 1.165) is 5.56 Å². The van der Waals surface area contributed by atoms with Gasteiger partial charge in [0.25, 0.3) is 0 Å². The average Bonchev–Trinajstić information content (AvgIpc) is 2.28. The number of aliphatic carboxylic acids is 1. The third kappa shape index (κ3) is 4.08. The number of hydrogen-bond acceptors (Lipinski definition) is 3. The summed E-state index contributed by atoms with van der Waals surface area (Å²) in [6.07, 6.45) is 0. The van der Waals surface area contributed by atoms with Gasteiger partial charge in [0.05, 0.1) is 12.6 Å². The monoisotopic (exact) mass is 260 g/mol. The Kier molecular flexibility index (Phi) is 4.68. The lowest BCUT2D eigenvalue weighted by molar-refractivity contribution is -0.138. The minimum atomic E-state index is -0.936. The molecule has 0 aliphatic heterocycles. The van der Waals surface area contributed by atoms with Crippen LogP contribution in [0.1, 0.15) is 37.9 Å².